The number of amides is 1. The fourth-order valence-electron chi connectivity index (χ4n) is 4.38. The van der Waals surface area contributed by atoms with Crippen LogP contribution in [0.1, 0.15) is 24.8 Å². The second-order valence-electron chi connectivity index (χ2n) is 7.86. The summed E-state index contributed by atoms with van der Waals surface area (Å²) in [6.07, 6.45) is 6.77. The maximum atomic E-state index is 11.3. The fourth-order valence-corrected chi connectivity index (χ4v) is 4.38. The van der Waals surface area contributed by atoms with Gasteiger partial charge in [-0.05, 0) is 61.1 Å². The fraction of sp³-hybridized carbons (Fsp3) is 0.409. The molecule has 1 aromatic heterocycles. The topological polar surface area (TPSA) is 90.4 Å². The Labute approximate surface area is 170 Å². The molecule has 1 aliphatic carbocycles. The molecular formula is C22H27N5O2. The van der Waals surface area contributed by atoms with Crippen molar-refractivity contribution >= 4 is 17.8 Å². The lowest BCUT2D eigenvalue weighted by Crippen LogP contribution is -2.56. The molecule has 3 aliphatic rings. The van der Waals surface area contributed by atoms with Crippen molar-refractivity contribution < 1.29 is 9.90 Å². The Bertz CT molecular complexity index is 904. The predicted octanol–water partition coefficient (Wildman–Crippen LogP) is 2.19. The molecule has 0 spiro atoms. The molecule has 2 bridgehead atoms. The number of anilines is 1. The van der Waals surface area contributed by atoms with Gasteiger partial charge < -0.3 is 20.6 Å². The molecule has 1 amide bonds. The number of carbonyl (C=O) groups excluding carboxylic acids is 1. The van der Waals surface area contributed by atoms with Crippen LogP contribution in [0, 0.1) is 5.92 Å². The Morgan fingerprint density at radius 3 is 2.72 bits per heavy atom. The zero-order valence-corrected chi connectivity index (χ0v) is 16.8. The first kappa shape index (κ1) is 19.4. The lowest BCUT2D eigenvalue weighted by Gasteiger charge is -2.47. The molecule has 3 N–H and O–H groups in total. The zero-order chi connectivity index (χ0) is 20.4. The quantitative estimate of drug-likeness (QED) is 0.675. The Kier molecular flexibility index (Phi) is 5.49. The smallest absolute Gasteiger partial charge is 0.243 e. The summed E-state index contributed by atoms with van der Waals surface area (Å²) >= 11 is 0. The van der Waals surface area contributed by atoms with Crippen molar-refractivity contribution in [2.24, 2.45) is 5.92 Å². The van der Waals surface area contributed by atoms with Crippen LogP contribution in [-0.4, -0.2) is 53.9 Å². The molecule has 2 aromatic rings. The van der Waals surface area contributed by atoms with Crippen molar-refractivity contribution in [1.82, 2.24) is 20.8 Å². The molecule has 2 saturated heterocycles. The van der Waals surface area contributed by atoms with Gasteiger partial charge in [0.2, 0.25) is 5.91 Å². The number of hydrogen-bond acceptors (Lipinski definition) is 6. The second kappa shape index (κ2) is 8.21. The summed E-state index contributed by atoms with van der Waals surface area (Å²) in [6.45, 7) is 1.08. The number of hydrogen-bond donors (Lipinski definition) is 3. The highest BCUT2D eigenvalue weighted by Gasteiger charge is 2.37. The van der Waals surface area contributed by atoms with Crippen LogP contribution in [-0.2, 0) is 4.79 Å². The number of piperidine rings is 2. The van der Waals surface area contributed by atoms with Gasteiger partial charge >= 0.3 is 0 Å². The molecule has 3 heterocycles. The number of nitrogens with one attached hydrogen (secondary N) is 2. The van der Waals surface area contributed by atoms with Gasteiger partial charge in [-0.15, -0.1) is 10.2 Å². The third-order valence-electron chi connectivity index (χ3n) is 6.11. The Hall–Kier alpha value is -2.93. The maximum absolute atomic E-state index is 11.3. The van der Waals surface area contributed by atoms with Crippen LogP contribution in [0.15, 0.2) is 36.4 Å². The number of likely N-dealkylation sites (N-methyl/N-ethyl adjacent to an activating group) is 1. The average molecular weight is 393 g/mol. The highest BCUT2D eigenvalue weighted by Crippen LogP contribution is 2.34. The average Bonchev–Trinajstić information content (AvgIpc) is 2.78. The number of rotatable bonds is 5. The van der Waals surface area contributed by atoms with E-state index in [1.807, 2.05) is 18.2 Å². The van der Waals surface area contributed by atoms with Crippen molar-refractivity contribution in [1.29, 1.82) is 0 Å². The van der Waals surface area contributed by atoms with Gasteiger partial charge in [-0.25, -0.2) is 0 Å². The van der Waals surface area contributed by atoms with E-state index in [-0.39, 0.29) is 11.7 Å². The number of aromatic nitrogens is 2. The number of benzene rings is 1. The van der Waals surface area contributed by atoms with Gasteiger partial charge in [0.05, 0.1) is 5.69 Å². The molecule has 7 heteroatoms. The number of aromatic hydroxyl groups is 1. The highest BCUT2D eigenvalue weighted by molar-refractivity contribution is 5.91. The van der Waals surface area contributed by atoms with Gasteiger partial charge in [0.1, 0.15) is 5.75 Å². The third kappa shape index (κ3) is 4.10. The van der Waals surface area contributed by atoms with Crippen LogP contribution in [0.5, 0.6) is 5.75 Å². The molecule has 1 saturated carbocycles. The van der Waals surface area contributed by atoms with E-state index in [2.05, 4.69) is 32.8 Å². The van der Waals surface area contributed by atoms with Gasteiger partial charge in [0.15, 0.2) is 5.82 Å². The van der Waals surface area contributed by atoms with Crippen LogP contribution in [0.2, 0.25) is 0 Å². The minimum atomic E-state index is -0.193. The van der Waals surface area contributed by atoms with Gasteiger partial charge in [-0.3, -0.25) is 4.79 Å². The van der Waals surface area contributed by atoms with Crippen LogP contribution in [0.25, 0.3) is 17.3 Å². The van der Waals surface area contributed by atoms with Crippen LogP contribution in [0.4, 0.5) is 5.82 Å². The first-order valence-corrected chi connectivity index (χ1v) is 10.1. The lowest BCUT2D eigenvalue weighted by atomic mass is 9.77. The number of phenols is 1. The highest BCUT2D eigenvalue weighted by atomic mass is 16.3. The van der Waals surface area contributed by atoms with E-state index in [0.29, 0.717) is 29.3 Å². The van der Waals surface area contributed by atoms with Gasteiger partial charge in [-0.1, -0.05) is 6.07 Å². The molecule has 29 heavy (non-hydrogen) atoms. The molecule has 1 aromatic carbocycles. The van der Waals surface area contributed by atoms with Crippen molar-refractivity contribution in [2.75, 3.05) is 25.5 Å². The van der Waals surface area contributed by atoms with Crippen LogP contribution < -0.4 is 15.5 Å². The number of fused-ring (bicyclic) bond motifs is 3. The Balaban J connectivity index is 1.49. The van der Waals surface area contributed by atoms with Crippen molar-refractivity contribution in [2.45, 2.75) is 31.3 Å². The first-order valence-electron chi connectivity index (χ1n) is 10.1. The molecule has 7 nitrogen and oxygen atoms in total. The summed E-state index contributed by atoms with van der Waals surface area (Å²) in [7, 11) is 3.67. The normalized spacial score (nSPS) is 23.3. The molecule has 3 atom stereocenters. The summed E-state index contributed by atoms with van der Waals surface area (Å²) in [5, 5.41) is 25.3. The van der Waals surface area contributed by atoms with E-state index in [0.717, 1.165) is 24.3 Å². The summed E-state index contributed by atoms with van der Waals surface area (Å²) in [5.74, 6) is 1.43. The van der Waals surface area contributed by atoms with Gasteiger partial charge in [-0.2, -0.15) is 0 Å². The predicted molar refractivity (Wildman–Crippen MR) is 114 cm³/mol. The standard InChI is InChI=1S/C22H27N5O2/c1-23-22(29)10-4-14-3-7-17(20(28)11-14)18-8-9-21(26-25-18)27(2)19-12-16-6-5-15(19)13-24-16/h3-4,7-11,15-16,19,24,28H,5-6,12-13H2,1-2H3,(H,23,29)/b10-4+/t15-,16-,19+/m1/s1. The molecule has 0 radical (unpaired) electrons. The van der Waals surface area contributed by atoms with Crippen molar-refractivity contribution in [3.05, 3.63) is 42.0 Å². The lowest BCUT2D eigenvalue weighted by molar-refractivity contribution is -0.115. The van der Waals surface area contributed by atoms with E-state index in [1.165, 1.54) is 18.9 Å². The molecule has 2 aliphatic heterocycles. The first-order chi connectivity index (χ1) is 14.0. The minimum absolute atomic E-state index is 0.107. The van der Waals surface area contributed by atoms with E-state index in [1.54, 1.807) is 25.3 Å². The molecule has 152 valence electrons. The zero-order valence-electron chi connectivity index (χ0n) is 16.8. The molecular weight excluding hydrogens is 366 g/mol. The third-order valence-corrected chi connectivity index (χ3v) is 6.11. The summed E-state index contributed by atoms with van der Waals surface area (Å²) in [5.41, 5.74) is 1.97. The van der Waals surface area contributed by atoms with Gasteiger partial charge in [0, 0.05) is 44.4 Å². The number of phenolic OH excluding ortho intramolecular Hbond substituents is 1. The van der Waals surface area contributed by atoms with E-state index in [9.17, 15) is 9.90 Å². The monoisotopic (exact) mass is 393 g/mol. The number of carbonyl (C=O) groups is 1. The van der Waals surface area contributed by atoms with Crippen molar-refractivity contribution in [3.8, 4) is 17.0 Å². The van der Waals surface area contributed by atoms with Crippen molar-refractivity contribution in [3.63, 3.8) is 0 Å². The van der Waals surface area contributed by atoms with Crippen LogP contribution in [0.3, 0.4) is 0 Å². The molecule has 3 fully saturated rings. The van der Waals surface area contributed by atoms with E-state index >= 15 is 0 Å². The Morgan fingerprint density at radius 1 is 1.28 bits per heavy atom. The van der Waals surface area contributed by atoms with Gasteiger partial charge in [0.25, 0.3) is 0 Å². The largest absolute Gasteiger partial charge is 0.507 e. The summed E-state index contributed by atoms with van der Waals surface area (Å²) in [4.78, 5) is 13.6. The summed E-state index contributed by atoms with van der Waals surface area (Å²) < 4.78 is 0. The van der Waals surface area contributed by atoms with E-state index < -0.39 is 0 Å². The SMILES string of the molecule is CNC(=O)/C=C/c1ccc(-c2ccc(N(C)[C@H]3C[C@H]4CC[C@@H]3CN4)nn2)c(O)c1. The molecule has 5 rings (SSSR count). The maximum Gasteiger partial charge on any atom is 0.243 e. The second-order valence-corrected chi connectivity index (χ2v) is 7.86. The Morgan fingerprint density at radius 2 is 2.14 bits per heavy atom. The minimum Gasteiger partial charge on any atom is -0.507 e. The summed E-state index contributed by atoms with van der Waals surface area (Å²) in [6, 6.07) is 10.2. The van der Waals surface area contributed by atoms with E-state index in [4.69, 9.17) is 0 Å². The molecule has 0 unspecified atom stereocenters. The van der Waals surface area contributed by atoms with Crippen LogP contribution >= 0.6 is 0 Å². The number of nitrogens with zero attached hydrogens (tertiary/aromatic N) is 3.